The Hall–Kier alpha value is -3.28. The van der Waals surface area contributed by atoms with Crippen molar-refractivity contribution in [2.45, 2.75) is 12.3 Å². The topological polar surface area (TPSA) is 64.1 Å². The van der Waals surface area contributed by atoms with Gasteiger partial charge in [-0.15, -0.1) is 0 Å². The van der Waals surface area contributed by atoms with Crippen LogP contribution in [0.25, 0.3) is 0 Å². The average Bonchev–Trinajstić information content (AvgIpc) is 3.46. The van der Waals surface area contributed by atoms with Gasteiger partial charge in [-0.05, 0) is 54.3 Å². The Kier molecular flexibility index (Phi) is 4.31. The molecule has 0 saturated heterocycles. The molecule has 26 heavy (non-hydrogen) atoms. The number of nitrogens with zero attached hydrogens (tertiary/aromatic N) is 2. The van der Waals surface area contributed by atoms with E-state index >= 15 is 0 Å². The molecule has 1 aliphatic carbocycles. The van der Waals surface area contributed by atoms with Gasteiger partial charge in [-0.3, -0.25) is 9.78 Å². The zero-order valence-electron chi connectivity index (χ0n) is 13.8. The van der Waals surface area contributed by atoms with E-state index in [1.165, 1.54) is 18.3 Å². The zero-order valence-corrected chi connectivity index (χ0v) is 13.8. The van der Waals surface area contributed by atoms with Gasteiger partial charge in [0.1, 0.15) is 11.6 Å². The number of hydrogen-bond donors (Lipinski definition) is 1. The van der Waals surface area contributed by atoms with Crippen molar-refractivity contribution in [1.29, 1.82) is 0 Å². The smallest absolute Gasteiger partial charge is 0.237 e. The third kappa shape index (κ3) is 3.69. The number of rotatable bonds is 5. The molecule has 1 amide bonds. The molecule has 1 heterocycles. The molecule has 0 aliphatic heterocycles. The van der Waals surface area contributed by atoms with Crippen molar-refractivity contribution in [2.24, 2.45) is 5.92 Å². The predicted octanol–water partition coefficient (Wildman–Crippen LogP) is 4.15. The van der Waals surface area contributed by atoms with Crippen LogP contribution in [0.3, 0.4) is 0 Å². The molecule has 1 aliphatic rings. The number of amides is 1. The molecule has 4 rings (SSSR count). The minimum absolute atomic E-state index is 0.0260. The van der Waals surface area contributed by atoms with Gasteiger partial charge >= 0.3 is 0 Å². The Labute approximate surface area is 149 Å². The van der Waals surface area contributed by atoms with Gasteiger partial charge in [-0.1, -0.05) is 12.1 Å². The van der Waals surface area contributed by atoms with E-state index in [1.54, 1.807) is 48.8 Å². The number of carbonyl (C=O) groups is 1. The molecule has 1 N–H and O–H groups in total. The first kappa shape index (κ1) is 16.2. The summed E-state index contributed by atoms with van der Waals surface area (Å²) in [6.45, 7) is 0. The highest BCUT2D eigenvalue weighted by molar-refractivity contribution is 5.95. The Bertz CT molecular complexity index is 899. The minimum atomic E-state index is -0.265. The lowest BCUT2D eigenvalue weighted by atomic mass is 10.1. The van der Waals surface area contributed by atoms with Crippen LogP contribution in [0.5, 0.6) is 11.6 Å². The number of halogens is 1. The van der Waals surface area contributed by atoms with E-state index in [0.29, 0.717) is 17.3 Å². The second-order valence-corrected chi connectivity index (χ2v) is 6.16. The fourth-order valence-electron chi connectivity index (χ4n) is 2.86. The summed E-state index contributed by atoms with van der Waals surface area (Å²) in [6, 6.07) is 13.4. The van der Waals surface area contributed by atoms with Crippen molar-refractivity contribution >= 4 is 11.6 Å². The van der Waals surface area contributed by atoms with Crippen molar-refractivity contribution in [1.82, 2.24) is 9.97 Å². The Balaban J connectivity index is 1.34. The second kappa shape index (κ2) is 6.92. The SMILES string of the molecule is O=C(Nc1ccc(Oc2cnccn2)cc1)[C@@H]1C[C@H]1c1ccc(F)cc1. The standard InChI is InChI=1S/C20H16FN3O2/c21-14-3-1-13(2-4-14)17-11-18(17)20(25)24-15-5-7-16(8-6-15)26-19-12-22-9-10-23-19/h1-10,12,17-18H,11H2,(H,24,25)/t17-,18+/m0/s1. The third-order valence-electron chi connectivity index (χ3n) is 4.31. The van der Waals surface area contributed by atoms with Gasteiger partial charge in [0.25, 0.3) is 0 Å². The fourth-order valence-corrected chi connectivity index (χ4v) is 2.86. The van der Waals surface area contributed by atoms with Crippen molar-refractivity contribution in [3.05, 3.63) is 78.5 Å². The summed E-state index contributed by atoms with van der Waals surface area (Å²) < 4.78 is 18.6. The maximum absolute atomic E-state index is 13.0. The van der Waals surface area contributed by atoms with E-state index in [0.717, 1.165) is 12.0 Å². The van der Waals surface area contributed by atoms with Gasteiger partial charge in [0.2, 0.25) is 11.8 Å². The first-order valence-electron chi connectivity index (χ1n) is 8.29. The monoisotopic (exact) mass is 349 g/mol. The molecule has 0 radical (unpaired) electrons. The van der Waals surface area contributed by atoms with E-state index in [4.69, 9.17) is 4.74 Å². The van der Waals surface area contributed by atoms with Gasteiger partial charge < -0.3 is 10.1 Å². The lowest BCUT2D eigenvalue weighted by Crippen LogP contribution is -2.14. The number of hydrogen-bond acceptors (Lipinski definition) is 4. The first-order valence-corrected chi connectivity index (χ1v) is 8.29. The molecule has 1 saturated carbocycles. The number of ether oxygens (including phenoxy) is 1. The lowest BCUT2D eigenvalue weighted by Gasteiger charge is -2.07. The van der Waals surface area contributed by atoms with Crippen molar-refractivity contribution in [2.75, 3.05) is 5.32 Å². The summed E-state index contributed by atoms with van der Waals surface area (Å²) in [5.74, 6) is 0.815. The molecule has 6 heteroatoms. The molecule has 1 fully saturated rings. The van der Waals surface area contributed by atoms with Crippen LogP contribution in [0, 0.1) is 11.7 Å². The van der Waals surface area contributed by atoms with Crippen LogP contribution >= 0.6 is 0 Å². The van der Waals surface area contributed by atoms with Crippen molar-refractivity contribution in [3.63, 3.8) is 0 Å². The summed E-state index contributed by atoms with van der Waals surface area (Å²) >= 11 is 0. The maximum atomic E-state index is 13.0. The molecule has 2 aromatic carbocycles. The van der Waals surface area contributed by atoms with Crippen molar-refractivity contribution in [3.8, 4) is 11.6 Å². The normalized spacial score (nSPS) is 18.2. The summed E-state index contributed by atoms with van der Waals surface area (Å²) in [4.78, 5) is 20.3. The van der Waals surface area contributed by atoms with Gasteiger partial charge in [0.15, 0.2) is 0 Å². The Morgan fingerprint density at radius 3 is 2.54 bits per heavy atom. The molecule has 0 unspecified atom stereocenters. The minimum Gasteiger partial charge on any atom is -0.438 e. The van der Waals surface area contributed by atoms with E-state index < -0.39 is 0 Å². The van der Waals surface area contributed by atoms with Gasteiger partial charge in [0.05, 0.1) is 6.20 Å². The van der Waals surface area contributed by atoms with Crippen molar-refractivity contribution < 1.29 is 13.9 Å². The number of benzene rings is 2. The highest BCUT2D eigenvalue weighted by Crippen LogP contribution is 2.48. The van der Waals surface area contributed by atoms with Crippen LogP contribution < -0.4 is 10.1 Å². The Morgan fingerprint density at radius 2 is 1.85 bits per heavy atom. The summed E-state index contributed by atoms with van der Waals surface area (Å²) in [5, 5.41) is 2.91. The molecule has 0 bridgehead atoms. The molecule has 130 valence electrons. The highest BCUT2D eigenvalue weighted by atomic mass is 19.1. The summed E-state index contributed by atoms with van der Waals surface area (Å²) in [6.07, 6.45) is 5.43. The van der Waals surface area contributed by atoms with Crippen LogP contribution in [0.1, 0.15) is 17.9 Å². The number of nitrogens with one attached hydrogen (secondary N) is 1. The molecular formula is C20H16FN3O2. The van der Waals surface area contributed by atoms with E-state index in [1.807, 2.05) is 0 Å². The summed E-state index contributed by atoms with van der Waals surface area (Å²) in [7, 11) is 0. The quantitative estimate of drug-likeness (QED) is 0.751. The molecule has 0 spiro atoms. The number of carbonyl (C=O) groups excluding carboxylic acids is 1. The van der Waals surface area contributed by atoms with Crippen LogP contribution in [-0.2, 0) is 4.79 Å². The van der Waals surface area contributed by atoms with Crippen LogP contribution in [0.2, 0.25) is 0 Å². The molecule has 2 atom stereocenters. The fraction of sp³-hybridized carbons (Fsp3) is 0.150. The van der Waals surface area contributed by atoms with Crippen LogP contribution in [-0.4, -0.2) is 15.9 Å². The molecule has 5 nitrogen and oxygen atoms in total. The predicted molar refractivity (Wildman–Crippen MR) is 94.4 cm³/mol. The zero-order chi connectivity index (χ0) is 17.9. The molecule has 3 aromatic rings. The van der Waals surface area contributed by atoms with Gasteiger partial charge in [0, 0.05) is 24.0 Å². The third-order valence-corrected chi connectivity index (χ3v) is 4.31. The van der Waals surface area contributed by atoms with E-state index in [-0.39, 0.29) is 23.6 Å². The Morgan fingerprint density at radius 1 is 1.08 bits per heavy atom. The van der Waals surface area contributed by atoms with Crippen LogP contribution in [0.15, 0.2) is 67.1 Å². The second-order valence-electron chi connectivity index (χ2n) is 6.16. The van der Waals surface area contributed by atoms with Crippen LogP contribution in [0.4, 0.5) is 10.1 Å². The first-order chi connectivity index (χ1) is 12.7. The molecular weight excluding hydrogens is 333 g/mol. The van der Waals surface area contributed by atoms with Gasteiger partial charge in [-0.25, -0.2) is 9.37 Å². The average molecular weight is 349 g/mol. The lowest BCUT2D eigenvalue weighted by molar-refractivity contribution is -0.117. The van der Waals surface area contributed by atoms with Gasteiger partial charge in [-0.2, -0.15) is 0 Å². The number of aromatic nitrogens is 2. The number of anilines is 1. The molecule has 1 aromatic heterocycles. The maximum Gasteiger partial charge on any atom is 0.237 e. The largest absolute Gasteiger partial charge is 0.438 e. The van der Waals surface area contributed by atoms with E-state index in [2.05, 4.69) is 15.3 Å². The summed E-state index contributed by atoms with van der Waals surface area (Å²) in [5.41, 5.74) is 1.70. The van der Waals surface area contributed by atoms with E-state index in [9.17, 15) is 9.18 Å². The highest BCUT2D eigenvalue weighted by Gasteiger charge is 2.43.